The van der Waals surface area contributed by atoms with Gasteiger partial charge in [0.15, 0.2) is 0 Å². The van der Waals surface area contributed by atoms with Crippen molar-refractivity contribution in [2.24, 2.45) is 0 Å². The molecule has 0 saturated heterocycles. The van der Waals surface area contributed by atoms with Gasteiger partial charge in [0, 0.05) is 11.7 Å². The lowest BCUT2D eigenvalue weighted by atomic mass is 9.94. The molecule has 1 unspecified atom stereocenters. The first-order chi connectivity index (χ1) is 9.93. The van der Waals surface area contributed by atoms with Gasteiger partial charge in [-0.15, -0.1) is 0 Å². The summed E-state index contributed by atoms with van der Waals surface area (Å²) in [6.45, 7) is 13.3. The summed E-state index contributed by atoms with van der Waals surface area (Å²) in [6, 6.07) is 11.4. The Morgan fingerprint density at radius 2 is 1.57 bits per heavy atom. The first-order valence-electron chi connectivity index (χ1n) is 7.86. The van der Waals surface area contributed by atoms with Crippen LogP contribution in [-0.2, 0) is 6.42 Å². The lowest BCUT2D eigenvalue weighted by molar-refractivity contribution is 0.855. The number of anilines is 1. The molecule has 0 amide bonds. The molecule has 0 spiro atoms. The minimum atomic E-state index is 0.317. The zero-order chi connectivity index (χ0) is 15.6. The summed E-state index contributed by atoms with van der Waals surface area (Å²) < 4.78 is 0. The van der Waals surface area contributed by atoms with Gasteiger partial charge in [-0.3, -0.25) is 0 Å². The Bertz CT molecular complexity index is 617. The van der Waals surface area contributed by atoms with E-state index in [1.807, 2.05) is 0 Å². The number of benzene rings is 2. The highest BCUT2D eigenvalue weighted by Crippen LogP contribution is 2.29. The van der Waals surface area contributed by atoms with Crippen LogP contribution in [0.4, 0.5) is 5.69 Å². The average Bonchev–Trinajstić information content (AvgIpc) is 2.39. The average molecular weight is 281 g/mol. The van der Waals surface area contributed by atoms with Gasteiger partial charge in [0.1, 0.15) is 0 Å². The first-order valence-corrected chi connectivity index (χ1v) is 7.86. The molecule has 0 bridgehead atoms. The van der Waals surface area contributed by atoms with Gasteiger partial charge in [-0.1, -0.05) is 42.8 Å². The largest absolute Gasteiger partial charge is 0.378 e. The van der Waals surface area contributed by atoms with Crippen molar-refractivity contribution in [1.82, 2.24) is 0 Å². The van der Waals surface area contributed by atoms with Crippen molar-refractivity contribution in [3.63, 3.8) is 0 Å². The third kappa shape index (κ3) is 3.29. The highest BCUT2D eigenvalue weighted by molar-refractivity contribution is 5.59. The van der Waals surface area contributed by atoms with Crippen LogP contribution < -0.4 is 5.32 Å². The molecular formula is C20H27N. The third-order valence-corrected chi connectivity index (χ3v) is 4.27. The molecule has 0 aliphatic carbocycles. The van der Waals surface area contributed by atoms with Crippen molar-refractivity contribution >= 4 is 5.69 Å². The molecule has 2 aromatic rings. The van der Waals surface area contributed by atoms with Gasteiger partial charge in [-0.05, 0) is 68.9 Å². The first kappa shape index (κ1) is 15.6. The maximum Gasteiger partial charge on any atom is 0.0491 e. The Kier molecular flexibility index (Phi) is 4.72. The van der Waals surface area contributed by atoms with Gasteiger partial charge in [-0.25, -0.2) is 0 Å². The van der Waals surface area contributed by atoms with Crippen molar-refractivity contribution in [3.8, 4) is 0 Å². The van der Waals surface area contributed by atoms with E-state index in [1.54, 1.807) is 0 Å². The van der Waals surface area contributed by atoms with Crippen molar-refractivity contribution in [3.05, 3.63) is 63.7 Å². The summed E-state index contributed by atoms with van der Waals surface area (Å²) in [5.74, 6) is 0. The molecule has 0 aliphatic rings. The Labute approximate surface area is 129 Å². The fourth-order valence-electron chi connectivity index (χ4n) is 3.39. The molecule has 1 heteroatoms. The molecule has 2 rings (SSSR count). The van der Waals surface area contributed by atoms with Crippen molar-refractivity contribution in [2.75, 3.05) is 5.32 Å². The fourth-order valence-corrected chi connectivity index (χ4v) is 3.39. The minimum absolute atomic E-state index is 0.317. The van der Waals surface area contributed by atoms with Crippen molar-refractivity contribution in [2.45, 2.75) is 54.0 Å². The Morgan fingerprint density at radius 3 is 2.14 bits per heavy atom. The molecule has 1 N–H and O–H groups in total. The second-order valence-electron chi connectivity index (χ2n) is 6.14. The number of hydrogen-bond donors (Lipinski definition) is 1. The van der Waals surface area contributed by atoms with Gasteiger partial charge in [-0.2, -0.15) is 0 Å². The van der Waals surface area contributed by atoms with Gasteiger partial charge >= 0.3 is 0 Å². The summed E-state index contributed by atoms with van der Waals surface area (Å²) in [5, 5.41) is 3.75. The highest BCUT2D eigenvalue weighted by atomic mass is 14.9. The number of para-hydroxylation sites is 1. The van der Waals surface area contributed by atoms with E-state index in [0.717, 1.165) is 6.42 Å². The van der Waals surface area contributed by atoms with E-state index in [2.05, 4.69) is 77.2 Å². The highest BCUT2D eigenvalue weighted by Gasteiger charge is 2.14. The number of nitrogens with one attached hydrogen (secondary N) is 1. The second kappa shape index (κ2) is 6.34. The van der Waals surface area contributed by atoms with Crippen LogP contribution in [0.1, 0.15) is 53.3 Å². The maximum atomic E-state index is 3.75. The van der Waals surface area contributed by atoms with E-state index in [4.69, 9.17) is 0 Å². The Hall–Kier alpha value is -1.76. The Morgan fingerprint density at radius 1 is 0.952 bits per heavy atom. The van der Waals surface area contributed by atoms with E-state index in [-0.39, 0.29) is 0 Å². The monoisotopic (exact) mass is 281 g/mol. The standard InChI is InChI=1S/C20H27N/c1-7-18-10-8-9-14(3)20(18)21-17(6)19-15(4)11-13(2)12-16(19)5/h8-12,17,21H,7H2,1-6H3. The van der Waals surface area contributed by atoms with Crippen molar-refractivity contribution in [1.29, 1.82) is 0 Å². The predicted molar refractivity (Wildman–Crippen MR) is 93.2 cm³/mol. The number of rotatable bonds is 4. The van der Waals surface area contributed by atoms with Crippen LogP contribution in [0, 0.1) is 27.7 Å². The fraction of sp³-hybridized carbons (Fsp3) is 0.400. The van der Waals surface area contributed by atoms with Crippen LogP contribution in [-0.4, -0.2) is 0 Å². The molecule has 21 heavy (non-hydrogen) atoms. The molecule has 0 radical (unpaired) electrons. The van der Waals surface area contributed by atoms with Gasteiger partial charge in [0.2, 0.25) is 0 Å². The molecular weight excluding hydrogens is 254 g/mol. The quantitative estimate of drug-likeness (QED) is 0.763. The third-order valence-electron chi connectivity index (χ3n) is 4.27. The number of hydrogen-bond acceptors (Lipinski definition) is 1. The molecule has 112 valence electrons. The van der Waals surface area contributed by atoms with Crippen LogP contribution in [0.5, 0.6) is 0 Å². The normalized spacial score (nSPS) is 12.3. The van der Waals surface area contributed by atoms with E-state index in [1.165, 1.54) is 39.1 Å². The molecule has 1 nitrogen and oxygen atoms in total. The van der Waals surface area contributed by atoms with E-state index in [9.17, 15) is 0 Å². The Balaban J connectivity index is 2.37. The van der Waals surface area contributed by atoms with Crippen LogP contribution >= 0.6 is 0 Å². The van der Waals surface area contributed by atoms with E-state index in [0.29, 0.717) is 6.04 Å². The van der Waals surface area contributed by atoms with Crippen molar-refractivity contribution < 1.29 is 0 Å². The summed E-state index contributed by atoms with van der Waals surface area (Å²) in [7, 11) is 0. The van der Waals surface area contributed by atoms with Crippen LogP contribution in [0.3, 0.4) is 0 Å². The molecule has 0 fully saturated rings. The molecule has 0 saturated carbocycles. The van der Waals surface area contributed by atoms with Crippen LogP contribution in [0.25, 0.3) is 0 Å². The summed E-state index contributed by atoms with van der Waals surface area (Å²) in [6.07, 6.45) is 1.06. The van der Waals surface area contributed by atoms with E-state index < -0.39 is 0 Å². The lowest BCUT2D eigenvalue weighted by Crippen LogP contribution is -2.12. The van der Waals surface area contributed by atoms with Gasteiger partial charge in [0.25, 0.3) is 0 Å². The van der Waals surface area contributed by atoms with E-state index >= 15 is 0 Å². The second-order valence-corrected chi connectivity index (χ2v) is 6.14. The van der Waals surface area contributed by atoms with Gasteiger partial charge < -0.3 is 5.32 Å². The predicted octanol–water partition coefficient (Wildman–Crippen LogP) is 5.66. The minimum Gasteiger partial charge on any atom is -0.378 e. The zero-order valence-electron chi connectivity index (χ0n) is 14.2. The summed E-state index contributed by atoms with van der Waals surface area (Å²) in [4.78, 5) is 0. The summed E-state index contributed by atoms with van der Waals surface area (Å²) in [5.41, 5.74) is 9.52. The van der Waals surface area contributed by atoms with Gasteiger partial charge in [0.05, 0.1) is 0 Å². The molecule has 0 aliphatic heterocycles. The zero-order valence-corrected chi connectivity index (χ0v) is 14.2. The lowest BCUT2D eigenvalue weighted by Gasteiger charge is -2.23. The molecule has 0 heterocycles. The SMILES string of the molecule is CCc1cccc(C)c1NC(C)c1c(C)cc(C)cc1C. The maximum absolute atomic E-state index is 3.75. The van der Waals surface area contributed by atoms with Crippen LogP contribution in [0.15, 0.2) is 30.3 Å². The topological polar surface area (TPSA) is 12.0 Å². The molecule has 0 aromatic heterocycles. The smallest absolute Gasteiger partial charge is 0.0491 e. The van der Waals surface area contributed by atoms with Crippen LogP contribution in [0.2, 0.25) is 0 Å². The summed E-state index contributed by atoms with van der Waals surface area (Å²) >= 11 is 0. The molecule has 2 aromatic carbocycles. The molecule has 1 atom stereocenters. The number of aryl methyl sites for hydroxylation is 5.